The first kappa shape index (κ1) is 23.7. The number of benzene rings is 2. The first-order valence-electron chi connectivity index (χ1n) is 10.7. The van der Waals surface area contributed by atoms with E-state index in [1.165, 1.54) is 30.6 Å². The van der Waals surface area contributed by atoms with Gasteiger partial charge in [0.25, 0.3) is 5.91 Å². The van der Waals surface area contributed by atoms with E-state index in [0.717, 1.165) is 43.3 Å². The molecule has 35 heavy (non-hydrogen) atoms. The summed E-state index contributed by atoms with van der Waals surface area (Å²) < 4.78 is 52.0. The molecular formula is C25H20BrF3N2O3S. The minimum Gasteiger partial charge on any atom is -0.497 e. The van der Waals surface area contributed by atoms with Crippen LogP contribution in [0, 0.1) is 0 Å². The molecule has 0 saturated carbocycles. The fourth-order valence-electron chi connectivity index (χ4n) is 4.61. The molecule has 10 heteroatoms. The van der Waals surface area contributed by atoms with Gasteiger partial charge in [-0.1, -0.05) is 0 Å². The van der Waals surface area contributed by atoms with Gasteiger partial charge in [-0.25, -0.2) is 0 Å². The monoisotopic (exact) mass is 564 g/mol. The number of hydrogen-bond acceptors (Lipinski definition) is 4. The number of thiophene rings is 1. The maximum absolute atomic E-state index is 13.7. The lowest BCUT2D eigenvalue weighted by Gasteiger charge is -2.35. The van der Waals surface area contributed by atoms with E-state index in [9.17, 15) is 18.0 Å². The molecule has 5 rings (SSSR count). The van der Waals surface area contributed by atoms with E-state index in [1.807, 2.05) is 29.6 Å². The Morgan fingerprint density at radius 1 is 1.14 bits per heavy atom. The molecule has 5 nitrogen and oxygen atoms in total. The average molecular weight is 565 g/mol. The van der Waals surface area contributed by atoms with Gasteiger partial charge < -0.3 is 19.4 Å². The van der Waals surface area contributed by atoms with Gasteiger partial charge in [-0.05, 0) is 70.4 Å². The number of methoxy groups -OCH3 is 2. The summed E-state index contributed by atoms with van der Waals surface area (Å²) in [5.74, 6) is -0.0704. The molecular weight excluding hydrogens is 545 g/mol. The molecule has 1 atom stereocenters. The first-order valence-corrected chi connectivity index (χ1v) is 12.4. The van der Waals surface area contributed by atoms with Crippen molar-refractivity contribution in [2.45, 2.75) is 18.6 Å². The summed E-state index contributed by atoms with van der Waals surface area (Å²) in [5, 5.41) is 2.93. The molecule has 0 unspecified atom stereocenters. The van der Waals surface area contributed by atoms with Gasteiger partial charge in [0.15, 0.2) is 0 Å². The van der Waals surface area contributed by atoms with Gasteiger partial charge in [0.2, 0.25) is 0 Å². The van der Waals surface area contributed by atoms with Crippen LogP contribution in [0.2, 0.25) is 0 Å². The average Bonchev–Trinajstić information content (AvgIpc) is 3.44. The lowest BCUT2D eigenvalue weighted by atomic mass is 9.95. The molecule has 2 aromatic heterocycles. The van der Waals surface area contributed by atoms with Crippen LogP contribution in [-0.4, -0.2) is 36.6 Å². The van der Waals surface area contributed by atoms with Gasteiger partial charge in [-0.2, -0.15) is 13.2 Å². The van der Waals surface area contributed by atoms with Crippen LogP contribution >= 0.6 is 27.3 Å². The van der Waals surface area contributed by atoms with Crippen LogP contribution < -0.4 is 9.47 Å². The van der Waals surface area contributed by atoms with E-state index in [-0.39, 0.29) is 11.3 Å². The number of nitrogens with one attached hydrogen (secondary N) is 1. The molecule has 1 amide bonds. The molecule has 0 spiro atoms. The number of halogens is 4. The number of nitrogens with zero attached hydrogens (tertiary/aromatic N) is 1. The highest BCUT2D eigenvalue weighted by Crippen LogP contribution is 2.43. The summed E-state index contributed by atoms with van der Waals surface area (Å²) >= 11 is 4.96. The molecule has 0 fully saturated rings. The Bertz CT molecular complexity index is 1430. The third kappa shape index (κ3) is 4.18. The standard InChI is InChI=1S/C25H20BrF3N2O3S/c1-33-15-4-5-19-17(11-15)16-7-8-31(23(22(16)30-19)21-10-14(26)12-35-21)24(32)13-3-6-20(34-2)18(9-13)25(27,28)29/h3-6,9-12,23,30H,7-8H2,1-2H3/t23-/m0/s1. The van der Waals surface area contributed by atoms with Crippen molar-refractivity contribution < 1.29 is 27.4 Å². The zero-order chi connectivity index (χ0) is 24.9. The molecule has 1 aliphatic rings. The summed E-state index contributed by atoms with van der Waals surface area (Å²) in [5.41, 5.74) is 1.82. The highest BCUT2D eigenvalue weighted by molar-refractivity contribution is 9.10. The second kappa shape index (κ2) is 8.91. The third-order valence-electron chi connectivity index (χ3n) is 6.20. The lowest BCUT2D eigenvalue weighted by Crippen LogP contribution is -2.40. The van der Waals surface area contributed by atoms with Crippen molar-refractivity contribution in [1.82, 2.24) is 9.88 Å². The Hall–Kier alpha value is -2.98. The van der Waals surface area contributed by atoms with E-state index in [0.29, 0.717) is 13.0 Å². The molecule has 3 heterocycles. The summed E-state index contributed by atoms with van der Waals surface area (Å²) in [6.07, 6.45) is -4.09. The molecule has 0 bridgehead atoms. The van der Waals surface area contributed by atoms with Crippen LogP contribution in [0.25, 0.3) is 10.9 Å². The molecule has 4 aromatic rings. The summed E-state index contributed by atoms with van der Waals surface area (Å²) in [7, 11) is 2.78. The largest absolute Gasteiger partial charge is 0.497 e. The molecule has 1 aliphatic heterocycles. The predicted octanol–water partition coefficient (Wildman–Crippen LogP) is 6.82. The van der Waals surface area contributed by atoms with E-state index in [4.69, 9.17) is 9.47 Å². The molecule has 0 radical (unpaired) electrons. The number of carbonyl (C=O) groups is 1. The van der Waals surface area contributed by atoms with Crippen molar-refractivity contribution in [2.24, 2.45) is 0 Å². The topological polar surface area (TPSA) is 54.6 Å². The van der Waals surface area contributed by atoms with Crippen LogP contribution in [0.5, 0.6) is 11.5 Å². The fraction of sp³-hybridized carbons (Fsp3) is 0.240. The van der Waals surface area contributed by atoms with Crippen molar-refractivity contribution in [3.8, 4) is 11.5 Å². The van der Waals surface area contributed by atoms with E-state index in [1.54, 1.807) is 12.0 Å². The Morgan fingerprint density at radius 3 is 2.60 bits per heavy atom. The number of alkyl halides is 3. The number of aromatic nitrogens is 1. The molecule has 0 saturated heterocycles. The van der Waals surface area contributed by atoms with Crippen molar-refractivity contribution >= 4 is 44.1 Å². The molecule has 182 valence electrons. The van der Waals surface area contributed by atoms with Crippen LogP contribution in [0.15, 0.2) is 52.3 Å². The quantitative estimate of drug-likeness (QED) is 0.296. The van der Waals surface area contributed by atoms with Crippen molar-refractivity contribution in [3.05, 3.63) is 79.6 Å². The Morgan fingerprint density at radius 2 is 1.94 bits per heavy atom. The van der Waals surface area contributed by atoms with Crippen LogP contribution in [0.4, 0.5) is 13.2 Å². The van der Waals surface area contributed by atoms with Gasteiger partial charge in [0, 0.05) is 43.4 Å². The summed E-state index contributed by atoms with van der Waals surface area (Å²) in [6, 6.07) is 10.7. The molecule has 0 aliphatic carbocycles. The van der Waals surface area contributed by atoms with Gasteiger partial charge >= 0.3 is 6.18 Å². The summed E-state index contributed by atoms with van der Waals surface area (Å²) in [6.45, 7) is 0.351. The maximum Gasteiger partial charge on any atom is 0.419 e. The lowest BCUT2D eigenvalue weighted by molar-refractivity contribution is -0.138. The second-order valence-corrected chi connectivity index (χ2v) is 10.0. The molecule has 1 N–H and O–H groups in total. The minimum atomic E-state index is -4.65. The number of H-pyrrole nitrogens is 1. The van der Waals surface area contributed by atoms with Crippen molar-refractivity contribution in [2.75, 3.05) is 20.8 Å². The van der Waals surface area contributed by atoms with Gasteiger partial charge in [-0.15, -0.1) is 11.3 Å². The first-order chi connectivity index (χ1) is 16.7. The second-order valence-electron chi connectivity index (χ2n) is 8.16. The number of hydrogen-bond donors (Lipinski definition) is 1. The predicted molar refractivity (Wildman–Crippen MR) is 131 cm³/mol. The zero-order valence-electron chi connectivity index (χ0n) is 18.7. The van der Waals surface area contributed by atoms with Gasteiger partial charge in [0.1, 0.15) is 17.5 Å². The third-order valence-corrected chi connectivity index (χ3v) is 7.95. The van der Waals surface area contributed by atoms with E-state index < -0.39 is 23.7 Å². The minimum absolute atomic E-state index is 0.0417. The van der Waals surface area contributed by atoms with Gasteiger partial charge in [0.05, 0.1) is 19.8 Å². The SMILES string of the molecule is COc1ccc2[nH]c3c(c2c1)CCN(C(=O)c1ccc(OC)c(C(F)(F)F)c1)[C@H]3c1cc(Br)cs1. The van der Waals surface area contributed by atoms with Crippen molar-refractivity contribution in [3.63, 3.8) is 0 Å². The van der Waals surface area contributed by atoms with Crippen LogP contribution in [0.3, 0.4) is 0 Å². The number of ether oxygens (including phenoxy) is 2. The van der Waals surface area contributed by atoms with E-state index in [2.05, 4.69) is 20.9 Å². The highest BCUT2D eigenvalue weighted by atomic mass is 79.9. The number of rotatable bonds is 4. The van der Waals surface area contributed by atoms with E-state index >= 15 is 0 Å². The van der Waals surface area contributed by atoms with Crippen LogP contribution in [-0.2, 0) is 12.6 Å². The Balaban J connectivity index is 1.62. The Labute approximate surface area is 211 Å². The number of carbonyl (C=O) groups excluding carboxylic acids is 1. The van der Waals surface area contributed by atoms with Crippen molar-refractivity contribution in [1.29, 1.82) is 0 Å². The smallest absolute Gasteiger partial charge is 0.419 e. The highest BCUT2D eigenvalue weighted by Gasteiger charge is 2.38. The Kier molecular flexibility index (Phi) is 6.04. The molecule has 2 aromatic carbocycles. The maximum atomic E-state index is 13.7. The number of aromatic amines is 1. The summed E-state index contributed by atoms with van der Waals surface area (Å²) in [4.78, 5) is 19.7. The normalized spacial score (nSPS) is 15.8. The fourth-order valence-corrected chi connectivity index (χ4v) is 6.17. The zero-order valence-corrected chi connectivity index (χ0v) is 21.1. The number of fused-ring (bicyclic) bond motifs is 3. The van der Waals surface area contributed by atoms with Gasteiger partial charge in [-0.3, -0.25) is 4.79 Å². The van der Waals surface area contributed by atoms with Crippen LogP contribution in [0.1, 0.15) is 38.1 Å². The number of amides is 1.